The summed E-state index contributed by atoms with van der Waals surface area (Å²) in [6, 6.07) is 0. The monoisotopic (exact) mass is 247 g/mol. The van der Waals surface area contributed by atoms with Gasteiger partial charge in [0, 0.05) is 25.0 Å². The Balaban J connectivity index is 2.30. The predicted octanol–water partition coefficient (Wildman–Crippen LogP) is 3.00. The Bertz CT molecular complexity index is 135. The van der Waals surface area contributed by atoms with Gasteiger partial charge in [-0.1, -0.05) is 43.1 Å². The molecular weight excluding hydrogens is 226 g/mol. The van der Waals surface area contributed by atoms with Gasteiger partial charge in [-0.05, 0) is 17.8 Å². The Hall–Kier alpha value is 0.440. The molecule has 0 N–H and O–H groups in total. The number of likely N-dealkylation sites (tertiary alicyclic amines) is 1. The van der Waals surface area contributed by atoms with E-state index in [1.807, 2.05) is 0 Å². The van der Waals surface area contributed by atoms with Crippen LogP contribution in [0.1, 0.15) is 27.2 Å². The van der Waals surface area contributed by atoms with Gasteiger partial charge in [0.05, 0.1) is 0 Å². The van der Waals surface area contributed by atoms with Gasteiger partial charge >= 0.3 is 0 Å². The molecule has 78 valence electrons. The fourth-order valence-electron chi connectivity index (χ4n) is 2.05. The molecule has 3 atom stereocenters. The van der Waals surface area contributed by atoms with Gasteiger partial charge in [-0.2, -0.15) is 0 Å². The van der Waals surface area contributed by atoms with Crippen molar-refractivity contribution in [2.24, 2.45) is 17.8 Å². The molecule has 3 unspecified atom stereocenters. The summed E-state index contributed by atoms with van der Waals surface area (Å²) in [7, 11) is 0. The van der Waals surface area contributed by atoms with E-state index >= 15 is 0 Å². The molecule has 0 bridgehead atoms. The minimum Gasteiger partial charge on any atom is -0.302 e. The topological polar surface area (TPSA) is 3.24 Å². The van der Waals surface area contributed by atoms with Crippen molar-refractivity contribution in [3.8, 4) is 0 Å². The average Bonchev–Trinajstić information content (AvgIpc) is 2.42. The largest absolute Gasteiger partial charge is 0.302 e. The molecular formula is C11H22BrN. The van der Waals surface area contributed by atoms with Crippen molar-refractivity contribution >= 4 is 15.9 Å². The van der Waals surface area contributed by atoms with E-state index in [2.05, 4.69) is 41.6 Å². The fraction of sp³-hybridized carbons (Fsp3) is 1.00. The van der Waals surface area contributed by atoms with Crippen molar-refractivity contribution in [1.82, 2.24) is 4.90 Å². The van der Waals surface area contributed by atoms with Gasteiger partial charge in [0.15, 0.2) is 0 Å². The third-order valence-corrected chi connectivity index (χ3v) is 4.29. The van der Waals surface area contributed by atoms with Crippen LogP contribution in [0.5, 0.6) is 0 Å². The zero-order valence-electron chi connectivity index (χ0n) is 9.09. The molecule has 1 rings (SSSR count). The van der Waals surface area contributed by atoms with Crippen LogP contribution in [0.4, 0.5) is 0 Å². The number of nitrogens with zero attached hydrogens (tertiary/aromatic N) is 1. The maximum atomic E-state index is 3.59. The van der Waals surface area contributed by atoms with Gasteiger partial charge in [-0.3, -0.25) is 0 Å². The van der Waals surface area contributed by atoms with Crippen LogP contribution in [-0.4, -0.2) is 29.9 Å². The van der Waals surface area contributed by atoms with Crippen molar-refractivity contribution in [3.63, 3.8) is 0 Å². The molecule has 0 saturated carbocycles. The summed E-state index contributed by atoms with van der Waals surface area (Å²) in [5, 5.41) is 1.16. The maximum Gasteiger partial charge on any atom is 0.00717 e. The van der Waals surface area contributed by atoms with E-state index in [-0.39, 0.29) is 0 Å². The van der Waals surface area contributed by atoms with Gasteiger partial charge in [0.2, 0.25) is 0 Å². The highest BCUT2D eigenvalue weighted by Gasteiger charge is 2.26. The lowest BCUT2D eigenvalue weighted by Crippen LogP contribution is -2.28. The number of halogens is 1. The lowest BCUT2D eigenvalue weighted by Gasteiger charge is -2.20. The Labute approximate surface area is 91.0 Å². The number of hydrogen-bond donors (Lipinski definition) is 0. The molecule has 0 amide bonds. The van der Waals surface area contributed by atoms with Gasteiger partial charge in [0.25, 0.3) is 0 Å². The average molecular weight is 248 g/mol. The molecule has 1 heterocycles. The molecule has 1 fully saturated rings. The van der Waals surface area contributed by atoms with Crippen LogP contribution in [0.3, 0.4) is 0 Å². The normalized spacial score (nSPS) is 32.3. The zero-order valence-corrected chi connectivity index (χ0v) is 10.7. The first kappa shape index (κ1) is 11.5. The molecule has 13 heavy (non-hydrogen) atoms. The second-order valence-electron chi connectivity index (χ2n) is 4.60. The minimum absolute atomic E-state index is 0.845. The van der Waals surface area contributed by atoms with E-state index in [1.54, 1.807) is 0 Å². The van der Waals surface area contributed by atoms with E-state index in [0.29, 0.717) is 0 Å². The Kier molecular flexibility index (Phi) is 4.74. The smallest absolute Gasteiger partial charge is 0.00717 e. The first-order valence-corrected chi connectivity index (χ1v) is 6.57. The lowest BCUT2D eigenvalue weighted by atomic mass is 10.0. The van der Waals surface area contributed by atoms with Crippen molar-refractivity contribution in [1.29, 1.82) is 0 Å². The van der Waals surface area contributed by atoms with E-state index in [1.165, 1.54) is 26.1 Å². The maximum absolute atomic E-state index is 3.59. The summed E-state index contributed by atoms with van der Waals surface area (Å²) in [4.78, 5) is 2.63. The summed E-state index contributed by atoms with van der Waals surface area (Å²) in [6.07, 6.45) is 1.30. The molecule has 0 radical (unpaired) electrons. The van der Waals surface area contributed by atoms with Gasteiger partial charge < -0.3 is 4.90 Å². The third kappa shape index (κ3) is 3.25. The SMILES string of the molecule is CCC(CBr)CN1CC(C)C(C)C1. The number of rotatable bonds is 4. The molecule has 1 saturated heterocycles. The highest BCUT2D eigenvalue weighted by Crippen LogP contribution is 2.23. The van der Waals surface area contributed by atoms with Crippen molar-refractivity contribution in [2.45, 2.75) is 27.2 Å². The molecule has 0 spiro atoms. The lowest BCUT2D eigenvalue weighted by molar-refractivity contribution is 0.276. The van der Waals surface area contributed by atoms with Gasteiger partial charge in [-0.15, -0.1) is 0 Å². The fourth-order valence-corrected chi connectivity index (χ4v) is 2.71. The van der Waals surface area contributed by atoms with Crippen LogP contribution in [0.25, 0.3) is 0 Å². The highest BCUT2D eigenvalue weighted by molar-refractivity contribution is 9.09. The van der Waals surface area contributed by atoms with Crippen LogP contribution in [0.2, 0.25) is 0 Å². The van der Waals surface area contributed by atoms with Crippen molar-refractivity contribution < 1.29 is 0 Å². The summed E-state index contributed by atoms with van der Waals surface area (Å²) < 4.78 is 0. The van der Waals surface area contributed by atoms with Gasteiger partial charge in [0.1, 0.15) is 0 Å². The first-order chi connectivity index (χ1) is 6.17. The zero-order chi connectivity index (χ0) is 9.84. The van der Waals surface area contributed by atoms with Crippen molar-refractivity contribution in [3.05, 3.63) is 0 Å². The standard InChI is InChI=1S/C11H22BrN/c1-4-11(5-12)8-13-6-9(2)10(3)7-13/h9-11H,4-8H2,1-3H3. The molecule has 0 aromatic heterocycles. The van der Waals surface area contributed by atoms with Crippen molar-refractivity contribution in [2.75, 3.05) is 25.0 Å². The van der Waals surface area contributed by atoms with E-state index < -0.39 is 0 Å². The molecule has 0 aromatic carbocycles. The van der Waals surface area contributed by atoms with E-state index in [0.717, 1.165) is 23.1 Å². The molecule has 1 nitrogen and oxygen atoms in total. The van der Waals surface area contributed by atoms with Crippen LogP contribution in [0.15, 0.2) is 0 Å². The Morgan fingerprint density at radius 1 is 1.31 bits per heavy atom. The van der Waals surface area contributed by atoms with E-state index in [9.17, 15) is 0 Å². The quantitative estimate of drug-likeness (QED) is 0.691. The van der Waals surface area contributed by atoms with Crippen LogP contribution >= 0.6 is 15.9 Å². The highest BCUT2D eigenvalue weighted by atomic mass is 79.9. The summed E-state index contributed by atoms with van der Waals surface area (Å²) in [5.74, 6) is 2.64. The molecule has 0 aromatic rings. The molecule has 2 heteroatoms. The predicted molar refractivity (Wildman–Crippen MR) is 62.3 cm³/mol. The summed E-state index contributed by atoms with van der Waals surface area (Å²) in [6.45, 7) is 10.9. The number of hydrogen-bond acceptors (Lipinski definition) is 1. The molecule has 0 aliphatic carbocycles. The summed E-state index contributed by atoms with van der Waals surface area (Å²) >= 11 is 3.59. The Morgan fingerprint density at radius 3 is 2.23 bits per heavy atom. The van der Waals surface area contributed by atoms with Crippen LogP contribution in [-0.2, 0) is 0 Å². The molecule has 1 aliphatic heterocycles. The summed E-state index contributed by atoms with van der Waals surface area (Å²) in [5.41, 5.74) is 0. The second-order valence-corrected chi connectivity index (χ2v) is 5.25. The van der Waals surface area contributed by atoms with Crippen LogP contribution < -0.4 is 0 Å². The molecule has 1 aliphatic rings. The third-order valence-electron chi connectivity index (χ3n) is 3.38. The van der Waals surface area contributed by atoms with Crippen LogP contribution in [0, 0.1) is 17.8 Å². The second kappa shape index (κ2) is 5.35. The van der Waals surface area contributed by atoms with Gasteiger partial charge in [-0.25, -0.2) is 0 Å². The minimum atomic E-state index is 0.845. The first-order valence-electron chi connectivity index (χ1n) is 5.45. The Morgan fingerprint density at radius 2 is 1.85 bits per heavy atom. The van der Waals surface area contributed by atoms with E-state index in [4.69, 9.17) is 0 Å². The number of alkyl halides is 1.